The Morgan fingerprint density at radius 3 is 2.50 bits per heavy atom. The number of hydrogen-bond acceptors (Lipinski definition) is 3. The summed E-state index contributed by atoms with van der Waals surface area (Å²) >= 11 is 3.47. The summed E-state index contributed by atoms with van der Waals surface area (Å²) in [6, 6.07) is 14.9. The summed E-state index contributed by atoms with van der Waals surface area (Å²) in [6.07, 6.45) is 3.31. The van der Waals surface area contributed by atoms with E-state index in [1.807, 2.05) is 36.4 Å². The number of aromatic nitrogens is 2. The maximum Gasteiger partial charge on any atom is 0.266 e. The molecule has 0 fully saturated rings. The number of nitriles is 1. The van der Waals surface area contributed by atoms with Gasteiger partial charge in [0.05, 0.1) is 0 Å². The Bertz CT molecular complexity index is 927. The Balaban J connectivity index is 2.30. The van der Waals surface area contributed by atoms with Crippen molar-refractivity contribution in [3.8, 4) is 28.5 Å². The number of benzene rings is 1. The molecule has 1 N–H and O–H groups in total. The molecule has 22 heavy (non-hydrogen) atoms. The van der Waals surface area contributed by atoms with Crippen LogP contribution in [0.5, 0.6) is 0 Å². The van der Waals surface area contributed by atoms with E-state index in [1.54, 1.807) is 24.5 Å². The maximum absolute atomic E-state index is 12.2. The summed E-state index contributed by atoms with van der Waals surface area (Å²) in [5, 5.41) is 9.32. The number of nitrogens with one attached hydrogen (secondary N) is 1. The Hall–Kier alpha value is -2.71. The molecule has 0 saturated heterocycles. The van der Waals surface area contributed by atoms with Crippen molar-refractivity contribution in [1.82, 2.24) is 9.97 Å². The SMILES string of the molecule is N#Cc1c(-c2ccccc2Br)cc(-c2ccncc2)[nH]c1=O. The number of rotatable bonds is 2. The third kappa shape index (κ3) is 2.57. The zero-order valence-corrected chi connectivity index (χ0v) is 13.0. The van der Waals surface area contributed by atoms with E-state index in [4.69, 9.17) is 0 Å². The highest BCUT2D eigenvalue weighted by Crippen LogP contribution is 2.31. The zero-order valence-electron chi connectivity index (χ0n) is 11.4. The molecule has 0 atom stereocenters. The van der Waals surface area contributed by atoms with Crippen LogP contribution in [0.3, 0.4) is 0 Å². The van der Waals surface area contributed by atoms with Gasteiger partial charge in [-0.1, -0.05) is 34.1 Å². The van der Waals surface area contributed by atoms with Crippen LogP contribution in [-0.4, -0.2) is 9.97 Å². The molecule has 0 bridgehead atoms. The van der Waals surface area contributed by atoms with Crippen LogP contribution in [0.4, 0.5) is 0 Å². The van der Waals surface area contributed by atoms with Crippen LogP contribution in [0.2, 0.25) is 0 Å². The van der Waals surface area contributed by atoms with Gasteiger partial charge in [0.25, 0.3) is 5.56 Å². The van der Waals surface area contributed by atoms with Crippen molar-refractivity contribution in [2.45, 2.75) is 0 Å². The molecule has 106 valence electrons. The van der Waals surface area contributed by atoms with Crippen molar-refractivity contribution >= 4 is 15.9 Å². The van der Waals surface area contributed by atoms with E-state index in [1.165, 1.54) is 0 Å². The minimum Gasteiger partial charge on any atom is -0.321 e. The molecule has 0 aliphatic rings. The van der Waals surface area contributed by atoms with E-state index < -0.39 is 5.56 Å². The van der Waals surface area contributed by atoms with Crippen molar-refractivity contribution in [2.75, 3.05) is 0 Å². The molecule has 0 aliphatic carbocycles. The molecular formula is C17H10BrN3O. The Morgan fingerprint density at radius 2 is 1.82 bits per heavy atom. The van der Waals surface area contributed by atoms with Crippen molar-refractivity contribution in [3.05, 3.63) is 75.2 Å². The molecule has 0 spiro atoms. The van der Waals surface area contributed by atoms with E-state index in [2.05, 4.69) is 25.9 Å². The minimum atomic E-state index is -0.400. The van der Waals surface area contributed by atoms with Crippen LogP contribution in [0.15, 0.2) is 64.1 Å². The highest BCUT2D eigenvalue weighted by molar-refractivity contribution is 9.10. The lowest BCUT2D eigenvalue weighted by Gasteiger charge is -2.09. The van der Waals surface area contributed by atoms with Crippen LogP contribution in [0.1, 0.15) is 5.56 Å². The Labute approximate surface area is 135 Å². The molecule has 0 saturated carbocycles. The van der Waals surface area contributed by atoms with Crippen LogP contribution >= 0.6 is 15.9 Å². The van der Waals surface area contributed by atoms with Crippen molar-refractivity contribution in [1.29, 1.82) is 5.26 Å². The maximum atomic E-state index is 12.2. The lowest BCUT2D eigenvalue weighted by atomic mass is 9.99. The highest BCUT2D eigenvalue weighted by Gasteiger charge is 2.14. The number of H-pyrrole nitrogens is 1. The second-order valence-electron chi connectivity index (χ2n) is 4.63. The van der Waals surface area contributed by atoms with Gasteiger partial charge in [-0.25, -0.2) is 0 Å². The Morgan fingerprint density at radius 1 is 1.09 bits per heavy atom. The third-order valence-corrected chi connectivity index (χ3v) is 3.99. The molecule has 5 heteroatoms. The summed E-state index contributed by atoms with van der Waals surface area (Å²) in [4.78, 5) is 19.0. The topological polar surface area (TPSA) is 69.5 Å². The molecule has 1 aromatic carbocycles. The Kier molecular flexibility index (Phi) is 3.86. The van der Waals surface area contributed by atoms with Gasteiger partial charge in [0, 0.05) is 33.7 Å². The number of halogens is 1. The molecule has 4 nitrogen and oxygen atoms in total. The average Bonchev–Trinajstić information content (AvgIpc) is 2.55. The molecule has 3 aromatic rings. The van der Waals surface area contributed by atoms with Gasteiger partial charge in [-0.2, -0.15) is 5.26 Å². The zero-order chi connectivity index (χ0) is 15.5. The molecule has 2 aromatic heterocycles. The van der Waals surface area contributed by atoms with Gasteiger partial charge in [0.15, 0.2) is 0 Å². The first-order chi connectivity index (χ1) is 10.7. The summed E-state index contributed by atoms with van der Waals surface area (Å²) in [7, 11) is 0. The van der Waals surface area contributed by atoms with Crippen molar-refractivity contribution in [3.63, 3.8) is 0 Å². The number of hydrogen-bond donors (Lipinski definition) is 1. The standard InChI is InChI=1S/C17H10BrN3O/c18-15-4-2-1-3-12(15)13-9-16(11-5-7-20-8-6-11)21-17(22)14(13)10-19/h1-9H,(H,21,22). The summed E-state index contributed by atoms with van der Waals surface area (Å²) in [6.45, 7) is 0. The first-order valence-electron chi connectivity index (χ1n) is 6.53. The molecule has 0 radical (unpaired) electrons. The predicted octanol–water partition coefficient (Wildman–Crippen LogP) is 3.74. The summed E-state index contributed by atoms with van der Waals surface area (Å²) in [5.41, 5.74) is 2.60. The number of nitrogens with zero attached hydrogens (tertiary/aromatic N) is 2. The van der Waals surface area contributed by atoms with Crippen molar-refractivity contribution in [2.24, 2.45) is 0 Å². The summed E-state index contributed by atoms with van der Waals surface area (Å²) < 4.78 is 0.831. The van der Waals surface area contributed by atoms with Gasteiger partial charge in [-0.05, 0) is 29.8 Å². The van der Waals surface area contributed by atoms with Gasteiger partial charge in [-0.3, -0.25) is 9.78 Å². The van der Waals surface area contributed by atoms with Gasteiger partial charge in [0.2, 0.25) is 0 Å². The molecule has 0 unspecified atom stereocenters. The summed E-state index contributed by atoms with van der Waals surface area (Å²) in [5.74, 6) is 0. The number of aromatic amines is 1. The number of pyridine rings is 2. The minimum absolute atomic E-state index is 0.102. The van der Waals surface area contributed by atoms with E-state index in [0.717, 1.165) is 15.6 Å². The predicted molar refractivity (Wildman–Crippen MR) is 88.1 cm³/mol. The van der Waals surface area contributed by atoms with E-state index in [-0.39, 0.29) is 5.56 Å². The quantitative estimate of drug-likeness (QED) is 0.764. The average molecular weight is 352 g/mol. The second kappa shape index (κ2) is 5.96. The molecule has 3 rings (SSSR count). The normalized spacial score (nSPS) is 10.2. The molecule has 0 aliphatic heterocycles. The van der Waals surface area contributed by atoms with Gasteiger partial charge in [-0.15, -0.1) is 0 Å². The van der Waals surface area contributed by atoms with Crippen LogP contribution in [-0.2, 0) is 0 Å². The van der Waals surface area contributed by atoms with Gasteiger partial charge >= 0.3 is 0 Å². The van der Waals surface area contributed by atoms with E-state index >= 15 is 0 Å². The van der Waals surface area contributed by atoms with Gasteiger partial charge in [0.1, 0.15) is 11.6 Å². The molecular weight excluding hydrogens is 342 g/mol. The lowest BCUT2D eigenvalue weighted by Crippen LogP contribution is -2.12. The van der Waals surface area contributed by atoms with Crippen molar-refractivity contribution < 1.29 is 0 Å². The molecule has 2 heterocycles. The third-order valence-electron chi connectivity index (χ3n) is 3.30. The fourth-order valence-electron chi connectivity index (χ4n) is 2.25. The largest absolute Gasteiger partial charge is 0.321 e. The second-order valence-corrected chi connectivity index (χ2v) is 5.48. The van der Waals surface area contributed by atoms with E-state index in [9.17, 15) is 10.1 Å². The lowest BCUT2D eigenvalue weighted by molar-refractivity contribution is 1.21. The smallest absolute Gasteiger partial charge is 0.266 e. The first kappa shape index (κ1) is 14.2. The highest BCUT2D eigenvalue weighted by atomic mass is 79.9. The van der Waals surface area contributed by atoms with Crippen LogP contribution in [0.25, 0.3) is 22.4 Å². The monoisotopic (exact) mass is 351 g/mol. The molecule has 0 amide bonds. The fourth-order valence-corrected chi connectivity index (χ4v) is 2.75. The van der Waals surface area contributed by atoms with Gasteiger partial charge < -0.3 is 4.98 Å². The van der Waals surface area contributed by atoms with E-state index in [0.29, 0.717) is 11.3 Å². The fraction of sp³-hybridized carbons (Fsp3) is 0. The first-order valence-corrected chi connectivity index (χ1v) is 7.32. The van der Waals surface area contributed by atoms with Crippen LogP contribution in [0, 0.1) is 11.3 Å². The van der Waals surface area contributed by atoms with Crippen LogP contribution < -0.4 is 5.56 Å².